The van der Waals surface area contributed by atoms with Crippen LogP contribution in [0.2, 0.25) is 0 Å². The Hall–Kier alpha value is -1.55. The molecule has 0 saturated carbocycles. The molecule has 0 aliphatic rings. The standard InChI is InChI=1S/C14H23N3O/c1-10-5-7-11(8-6-10)16-13(18)17-12(9-15)14(2,3)4/h5-8,12H,9,15H2,1-4H3,(H2,16,17,18). The summed E-state index contributed by atoms with van der Waals surface area (Å²) in [4.78, 5) is 11.8. The van der Waals surface area contributed by atoms with Gasteiger partial charge in [-0.25, -0.2) is 4.79 Å². The van der Waals surface area contributed by atoms with E-state index in [2.05, 4.69) is 31.4 Å². The van der Waals surface area contributed by atoms with Crippen molar-refractivity contribution in [3.05, 3.63) is 29.8 Å². The quantitative estimate of drug-likeness (QED) is 0.770. The van der Waals surface area contributed by atoms with Gasteiger partial charge in [0.2, 0.25) is 0 Å². The van der Waals surface area contributed by atoms with Crippen LogP contribution in [0.4, 0.5) is 10.5 Å². The first-order valence-electron chi connectivity index (χ1n) is 6.17. The molecule has 100 valence electrons. The average Bonchev–Trinajstić information content (AvgIpc) is 2.27. The maximum absolute atomic E-state index is 11.8. The fourth-order valence-corrected chi connectivity index (χ4v) is 1.59. The lowest BCUT2D eigenvalue weighted by Crippen LogP contribution is -2.49. The number of anilines is 1. The van der Waals surface area contributed by atoms with Gasteiger partial charge in [-0.1, -0.05) is 38.5 Å². The van der Waals surface area contributed by atoms with Crippen LogP contribution in [0.3, 0.4) is 0 Å². The number of hydrogen-bond donors (Lipinski definition) is 3. The van der Waals surface area contributed by atoms with Gasteiger partial charge >= 0.3 is 6.03 Å². The van der Waals surface area contributed by atoms with Gasteiger partial charge in [-0.05, 0) is 24.5 Å². The number of urea groups is 1. The van der Waals surface area contributed by atoms with Crippen molar-refractivity contribution in [1.82, 2.24) is 5.32 Å². The van der Waals surface area contributed by atoms with Crippen LogP contribution in [-0.4, -0.2) is 18.6 Å². The van der Waals surface area contributed by atoms with Crippen molar-refractivity contribution in [2.75, 3.05) is 11.9 Å². The van der Waals surface area contributed by atoms with Crippen LogP contribution in [-0.2, 0) is 0 Å². The molecule has 1 atom stereocenters. The predicted molar refractivity (Wildman–Crippen MR) is 75.6 cm³/mol. The zero-order valence-electron chi connectivity index (χ0n) is 11.6. The summed E-state index contributed by atoms with van der Waals surface area (Å²) in [5.41, 5.74) is 7.56. The maximum atomic E-state index is 11.8. The molecule has 1 aromatic rings. The predicted octanol–water partition coefficient (Wildman–Crippen LogP) is 2.49. The normalized spacial score (nSPS) is 12.9. The SMILES string of the molecule is Cc1ccc(NC(=O)NC(CN)C(C)(C)C)cc1. The van der Waals surface area contributed by atoms with E-state index < -0.39 is 0 Å². The second-order valence-corrected chi connectivity index (χ2v) is 5.62. The Labute approximate surface area is 109 Å². The van der Waals surface area contributed by atoms with Crippen LogP contribution < -0.4 is 16.4 Å². The molecule has 1 aromatic carbocycles. The lowest BCUT2D eigenvalue weighted by Gasteiger charge is -2.30. The molecule has 2 amide bonds. The number of rotatable bonds is 3. The third-order valence-corrected chi connectivity index (χ3v) is 2.90. The highest BCUT2D eigenvalue weighted by Crippen LogP contribution is 2.18. The van der Waals surface area contributed by atoms with E-state index in [4.69, 9.17) is 5.73 Å². The van der Waals surface area contributed by atoms with Gasteiger partial charge in [-0.3, -0.25) is 0 Å². The summed E-state index contributed by atoms with van der Waals surface area (Å²) in [6.07, 6.45) is 0. The molecule has 0 saturated heterocycles. The Balaban J connectivity index is 2.58. The molecule has 4 nitrogen and oxygen atoms in total. The Kier molecular flexibility index (Phi) is 4.73. The molecule has 4 N–H and O–H groups in total. The molecule has 0 spiro atoms. The lowest BCUT2D eigenvalue weighted by atomic mass is 9.87. The van der Waals surface area contributed by atoms with Crippen LogP contribution in [0.15, 0.2) is 24.3 Å². The summed E-state index contributed by atoms with van der Waals surface area (Å²) in [7, 11) is 0. The van der Waals surface area contributed by atoms with Gasteiger partial charge in [0.1, 0.15) is 0 Å². The zero-order chi connectivity index (χ0) is 13.8. The van der Waals surface area contributed by atoms with Crippen molar-refractivity contribution in [3.63, 3.8) is 0 Å². The Morgan fingerprint density at radius 3 is 2.28 bits per heavy atom. The second-order valence-electron chi connectivity index (χ2n) is 5.62. The molecule has 18 heavy (non-hydrogen) atoms. The van der Waals surface area contributed by atoms with Crippen LogP contribution >= 0.6 is 0 Å². The smallest absolute Gasteiger partial charge is 0.319 e. The Morgan fingerprint density at radius 1 is 1.28 bits per heavy atom. The van der Waals surface area contributed by atoms with Crippen molar-refractivity contribution < 1.29 is 4.79 Å². The van der Waals surface area contributed by atoms with E-state index in [0.717, 1.165) is 11.3 Å². The highest BCUT2D eigenvalue weighted by atomic mass is 16.2. The minimum absolute atomic E-state index is 0.0528. The topological polar surface area (TPSA) is 67.2 Å². The molecule has 0 aromatic heterocycles. The fourth-order valence-electron chi connectivity index (χ4n) is 1.59. The molecular formula is C14H23N3O. The van der Waals surface area contributed by atoms with E-state index in [-0.39, 0.29) is 17.5 Å². The fraction of sp³-hybridized carbons (Fsp3) is 0.500. The van der Waals surface area contributed by atoms with Gasteiger partial charge in [0.15, 0.2) is 0 Å². The molecule has 0 aliphatic carbocycles. The van der Waals surface area contributed by atoms with Crippen molar-refractivity contribution in [2.45, 2.75) is 33.7 Å². The van der Waals surface area contributed by atoms with E-state index in [1.807, 2.05) is 31.2 Å². The number of aryl methyl sites for hydroxylation is 1. The number of amides is 2. The summed E-state index contributed by atoms with van der Waals surface area (Å²) in [5.74, 6) is 0. The minimum Gasteiger partial charge on any atom is -0.333 e. The summed E-state index contributed by atoms with van der Waals surface area (Å²) in [6, 6.07) is 7.40. The largest absolute Gasteiger partial charge is 0.333 e. The van der Waals surface area contributed by atoms with E-state index in [9.17, 15) is 4.79 Å². The summed E-state index contributed by atoms with van der Waals surface area (Å²) in [6.45, 7) is 8.59. The number of nitrogens with two attached hydrogens (primary N) is 1. The number of nitrogens with one attached hydrogen (secondary N) is 2. The first-order valence-corrected chi connectivity index (χ1v) is 6.17. The minimum atomic E-state index is -0.218. The maximum Gasteiger partial charge on any atom is 0.319 e. The van der Waals surface area contributed by atoms with Gasteiger partial charge < -0.3 is 16.4 Å². The second kappa shape index (κ2) is 5.87. The van der Waals surface area contributed by atoms with Gasteiger partial charge in [-0.2, -0.15) is 0 Å². The summed E-state index contributed by atoms with van der Waals surface area (Å²) < 4.78 is 0. The van der Waals surface area contributed by atoms with E-state index in [0.29, 0.717) is 6.54 Å². The van der Waals surface area contributed by atoms with Crippen LogP contribution in [0, 0.1) is 12.3 Å². The molecule has 4 heteroatoms. The Bertz CT molecular complexity index is 392. The summed E-state index contributed by atoms with van der Waals surface area (Å²) >= 11 is 0. The van der Waals surface area contributed by atoms with Gasteiger partial charge in [0.05, 0.1) is 0 Å². The highest BCUT2D eigenvalue weighted by Gasteiger charge is 2.24. The van der Waals surface area contributed by atoms with E-state index in [1.54, 1.807) is 0 Å². The van der Waals surface area contributed by atoms with Crippen LogP contribution in [0.5, 0.6) is 0 Å². The molecule has 0 fully saturated rings. The highest BCUT2D eigenvalue weighted by molar-refractivity contribution is 5.89. The van der Waals surface area contributed by atoms with Crippen molar-refractivity contribution >= 4 is 11.7 Å². The van der Waals surface area contributed by atoms with Crippen LogP contribution in [0.1, 0.15) is 26.3 Å². The molecule has 0 heterocycles. The zero-order valence-corrected chi connectivity index (χ0v) is 11.6. The summed E-state index contributed by atoms with van der Waals surface area (Å²) in [5, 5.41) is 5.70. The molecule has 1 unspecified atom stereocenters. The third kappa shape index (κ3) is 4.37. The van der Waals surface area contributed by atoms with Gasteiger partial charge in [0.25, 0.3) is 0 Å². The molecule has 0 aliphatic heterocycles. The van der Waals surface area contributed by atoms with Gasteiger partial charge in [-0.15, -0.1) is 0 Å². The first-order chi connectivity index (χ1) is 8.32. The van der Waals surface area contributed by atoms with Gasteiger partial charge in [0, 0.05) is 18.3 Å². The van der Waals surface area contributed by atoms with Crippen LogP contribution in [0.25, 0.3) is 0 Å². The number of hydrogen-bond acceptors (Lipinski definition) is 2. The lowest BCUT2D eigenvalue weighted by molar-refractivity contribution is 0.230. The third-order valence-electron chi connectivity index (χ3n) is 2.90. The van der Waals surface area contributed by atoms with E-state index >= 15 is 0 Å². The number of benzene rings is 1. The van der Waals surface area contributed by atoms with E-state index in [1.165, 1.54) is 0 Å². The number of carbonyl (C=O) groups excluding carboxylic acids is 1. The van der Waals surface area contributed by atoms with Crippen molar-refractivity contribution in [2.24, 2.45) is 11.1 Å². The molecule has 0 bridgehead atoms. The molecular weight excluding hydrogens is 226 g/mol. The average molecular weight is 249 g/mol. The molecule has 0 radical (unpaired) electrons. The first kappa shape index (κ1) is 14.5. The van der Waals surface area contributed by atoms with Crippen molar-refractivity contribution in [3.8, 4) is 0 Å². The Morgan fingerprint density at radius 2 is 1.83 bits per heavy atom. The van der Waals surface area contributed by atoms with Crippen molar-refractivity contribution in [1.29, 1.82) is 0 Å². The number of carbonyl (C=O) groups is 1. The molecule has 1 rings (SSSR count). The monoisotopic (exact) mass is 249 g/mol.